The summed E-state index contributed by atoms with van der Waals surface area (Å²) in [6.45, 7) is 10.5. The van der Waals surface area contributed by atoms with Gasteiger partial charge in [-0.15, -0.1) is 6.58 Å². The van der Waals surface area contributed by atoms with Gasteiger partial charge >= 0.3 is 0 Å². The van der Waals surface area contributed by atoms with Gasteiger partial charge in [0, 0.05) is 39.3 Å². The zero-order chi connectivity index (χ0) is 14.1. The minimum absolute atomic E-state index is 0.0509. The van der Waals surface area contributed by atoms with Gasteiger partial charge in [0.05, 0.1) is 13.1 Å². The Kier molecular flexibility index (Phi) is 7.14. The highest BCUT2D eigenvalue weighted by atomic mass is 16.2. The molecule has 0 aromatic heterocycles. The molecule has 0 saturated carbocycles. The monoisotopic (exact) mass is 268 g/mol. The molecule has 6 nitrogen and oxygen atoms in total. The lowest BCUT2D eigenvalue weighted by Gasteiger charge is -2.34. The zero-order valence-electron chi connectivity index (χ0n) is 11.7. The summed E-state index contributed by atoms with van der Waals surface area (Å²) in [7, 11) is 0. The van der Waals surface area contributed by atoms with E-state index in [1.807, 2.05) is 11.8 Å². The summed E-state index contributed by atoms with van der Waals surface area (Å²) in [4.78, 5) is 27.2. The molecule has 0 unspecified atom stereocenters. The molecule has 1 aliphatic heterocycles. The molecule has 2 N–H and O–H groups in total. The fraction of sp³-hybridized carbons (Fsp3) is 0.692. The van der Waals surface area contributed by atoms with Crippen LogP contribution in [0.3, 0.4) is 0 Å². The largest absolute Gasteiger partial charge is 0.355 e. The van der Waals surface area contributed by atoms with E-state index in [1.54, 1.807) is 6.08 Å². The normalized spacial score (nSPS) is 16.2. The summed E-state index contributed by atoms with van der Waals surface area (Å²) in [5.74, 6) is 0.162. The Hall–Kier alpha value is -1.40. The van der Waals surface area contributed by atoms with Crippen molar-refractivity contribution in [3.05, 3.63) is 12.7 Å². The first-order chi connectivity index (χ1) is 9.17. The van der Waals surface area contributed by atoms with Crippen molar-refractivity contribution in [1.82, 2.24) is 20.4 Å². The van der Waals surface area contributed by atoms with Gasteiger partial charge in [-0.1, -0.05) is 6.08 Å². The van der Waals surface area contributed by atoms with Crippen LogP contribution in [-0.2, 0) is 9.59 Å². The highest BCUT2D eigenvalue weighted by Gasteiger charge is 2.21. The van der Waals surface area contributed by atoms with E-state index in [4.69, 9.17) is 0 Å². The van der Waals surface area contributed by atoms with Gasteiger partial charge in [0.25, 0.3) is 0 Å². The van der Waals surface area contributed by atoms with E-state index in [1.165, 1.54) is 0 Å². The number of likely N-dealkylation sites (N-methyl/N-ethyl adjacent to an activating group) is 1. The van der Waals surface area contributed by atoms with Crippen molar-refractivity contribution in [3.8, 4) is 0 Å². The van der Waals surface area contributed by atoms with E-state index in [-0.39, 0.29) is 11.8 Å². The van der Waals surface area contributed by atoms with Gasteiger partial charge in [-0.05, 0) is 6.92 Å². The molecular formula is C13H24N4O2. The average molecular weight is 268 g/mol. The second-order valence-electron chi connectivity index (χ2n) is 4.53. The van der Waals surface area contributed by atoms with Gasteiger partial charge in [0.15, 0.2) is 0 Å². The molecule has 1 fully saturated rings. The van der Waals surface area contributed by atoms with Gasteiger partial charge < -0.3 is 15.5 Å². The number of nitrogens with zero attached hydrogens (tertiary/aromatic N) is 2. The lowest BCUT2D eigenvalue weighted by atomic mass is 10.3. The molecule has 0 bridgehead atoms. The fourth-order valence-corrected chi connectivity index (χ4v) is 2.00. The first kappa shape index (κ1) is 15.7. The molecule has 0 aromatic carbocycles. The highest BCUT2D eigenvalue weighted by molar-refractivity contribution is 5.79. The van der Waals surface area contributed by atoms with E-state index in [9.17, 15) is 9.59 Å². The smallest absolute Gasteiger partial charge is 0.236 e. The van der Waals surface area contributed by atoms with Crippen molar-refractivity contribution >= 4 is 11.8 Å². The summed E-state index contributed by atoms with van der Waals surface area (Å²) in [6, 6.07) is 0. The third-order valence-electron chi connectivity index (χ3n) is 3.03. The van der Waals surface area contributed by atoms with Crippen LogP contribution in [0.5, 0.6) is 0 Å². The molecule has 1 saturated heterocycles. The minimum atomic E-state index is 0.0509. The Morgan fingerprint density at radius 2 is 1.95 bits per heavy atom. The molecule has 108 valence electrons. The van der Waals surface area contributed by atoms with E-state index in [0.717, 1.165) is 13.1 Å². The summed E-state index contributed by atoms with van der Waals surface area (Å²) < 4.78 is 0. The Bertz CT molecular complexity index is 312. The van der Waals surface area contributed by atoms with E-state index >= 15 is 0 Å². The van der Waals surface area contributed by atoms with Crippen LogP contribution in [0.2, 0.25) is 0 Å². The van der Waals surface area contributed by atoms with Crippen LogP contribution < -0.4 is 10.6 Å². The number of hydrogen-bond donors (Lipinski definition) is 2. The van der Waals surface area contributed by atoms with Gasteiger partial charge in [0.2, 0.25) is 11.8 Å². The molecule has 1 aliphatic rings. The summed E-state index contributed by atoms with van der Waals surface area (Å²) >= 11 is 0. The van der Waals surface area contributed by atoms with Gasteiger partial charge in [-0.2, -0.15) is 0 Å². The molecule has 1 rings (SSSR count). The van der Waals surface area contributed by atoms with Gasteiger partial charge in [-0.3, -0.25) is 14.5 Å². The van der Waals surface area contributed by atoms with Gasteiger partial charge in [-0.25, -0.2) is 0 Å². The Morgan fingerprint density at radius 1 is 1.26 bits per heavy atom. The lowest BCUT2D eigenvalue weighted by Crippen LogP contribution is -2.52. The molecule has 1 heterocycles. The number of hydrogen-bond acceptors (Lipinski definition) is 4. The second kappa shape index (κ2) is 8.66. The topological polar surface area (TPSA) is 64.7 Å². The predicted molar refractivity (Wildman–Crippen MR) is 74.8 cm³/mol. The van der Waals surface area contributed by atoms with Crippen LogP contribution in [0.25, 0.3) is 0 Å². The molecule has 0 atom stereocenters. The average Bonchev–Trinajstić information content (AvgIpc) is 2.40. The van der Waals surface area contributed by atoms with Crippen LogP contribution in [0, 0.1) is 0 Å². The first-order valence-electron chi connectivity index (χ1n) is 6.75. The van der Waals surface area contributed by atoms with E-state index < -0.39 is 0 Å². The summed E-state index contributed by atoms with van der Waals surface area (Å²) in [5, 5.41) is 5.79. The maximum absolute atomic E-state index is 11.8. The summed E-state index contributed by atoms with van der Waals surface area (Å²) in [5.41, 5.74) is 0. The van der Waals surface area contributed by atoms with E-state index in [0.29, 0.717) is 39.3 Å². The minimum Gasteiger partial charge on any atom is -0.355 e. The zero-order valence-corrected chi connectivity index (χ0v) is 11.7. The molecule has 0 aliphatic carbocycles. The Labute approximate surface area is 114 Å². The van der Waals surface area contributed by atoms with Crippen LogP contribution in [0.1, 0.15) is 6.92 Å². The van der Waals surface area contributed by atoms with Crippen LogP contribution >= 0.6 is 0 Å². The number of carbonyl (C=O) groups is 2. The fourth-order valence-electron chi connectivity index (χ4n) is 2.00. The number of piperazine rings is 1. The van der Waals surface area contributed by atoms with Crippen molar-refractivity contribution in [2.24, 2.45) is 0 Å². The first-order valence-corrected chi connectivity index (χ1v) is 6.75. The van der Waals surface area contributed by atoms with E-state index in [2.05, 4.69) is 22.1 Å². The van der Waals surface area contributed by atoms with Crippen LogP contribution in [0.4, 0.5) is 0 Å². The SMILES string of the molecule is C=CCNCC(=O)N1CCN(CC(=O)NCC)CC1. The molecule has 19 heavy (non-hydrogen) atoms. The molecule has 2 amide bonds. The predicted octanol–water partition coefficient (Wildman–Crippen LogP) is -0.958. The number of amides is 2. The standard InChI is InChI=1S/C13H24N4O2/c1-3-5-14-10-13(19)17-8-6-16(7-9-17)11-12(18)15-4-2/h3,14H,1,4-11H2,2H3,(H,15,18). The van der Waals surface area contributed by atoms with Crippen molar-refractivity contribution in [2.75, 3.05) is 52.4 Å². The molecular weight excluding hydrogens is 244 g/mol. The second-order valence-corrected chi connectivity index (χ2v) is 4.53. The third kappa shape index (κ3) is 5.85. The van der Waals surface area contributed by atoms with Crippen molar-refractivity contribution in [2.45, 2.75) is 6.92 Å². The molecule has 6 heteroatoms. The van der Waals surface area contributed by atoms with Crippen LogP contribution in [-0.4, -0.2) is 74.0 Å². The summed E-state index contributed by atoms with van der Waals surface area (Å²) in [6.07, 6.45) is 1.73. The highest BCUT2D eigenvalue weighted by Crippen LogP contribution is 2.01. The lowest BCUT2D eigenvalue weighted by molar-refractivity contribution is -0.132. The molecule has 0 radical (unpaired) electrons. The quantitative estimate of drug-likeness (QED) is 0.461. The maximum atomic E-state index is 11.8. The Balaban J connectivity index is 2.22. The Morgan fingerprint density at radius 3 is 2.53 bits per heavy atom. The van der Waals surface area contributed by atoms with Crippen molar-refractivity contribution in [1.29, 1.82) is 0 Å². The van der Waals surface area contributed by atoms with Crippen LogP contribution in [0.15, 0.2) is 12.7 Å². The molecule has 0 spiro atoms. The third-order valence-corrected chi connectivity index (χ3v) is 3.03. The van der Waals surface area contributed by atoms with Gasteiger partial charge in [0.1, 0.15) is 0 Å². The maximum Gasteiger partial charge on any atom is 0.236 e. The number of rotatable bonds is 7. The number of nitrogens with one attached hydrogen (secondary N) is 2. The molecule has 0 aromatic rings. The number of carbonyl (C=O) groups excluding carboxylic acids is 2. The van der Waals surface area contributed by atoms with Crippen molar-refractivity contribution in [3.63, 3.8) is 0 Å². The van der Waals surface area contributed by atoms with Crippen molar-refractivity contribution < 1.29 is 9.59 Å².